The molecule has 0 spiro atoms. The van der Waals surface area contributed by atoms with Gasteiger partial charge in [0.15, 0.2) is 0 Å². The van der Waals surface area contributed by atoms with Gasteiger partial charge in [0.1, 0.15) is 11.5 Å². The summed E-state index contributed by atoms with van der Waals surface area (Å²) in [5.74, 6) is 1.67. The van der Waals surface area contributed by atoms with Crippen molar-refractivity contribution < 1.29 is 9.47 Å². The molecule has 0 fully saturated rings. The van der Waals surface area contributed by atoms with Crippen LogP contribution in [0, 0.1) is 0 Å². The number of ether oxygens (including phenoxy) is 2. The average molecular weight is 731 g/mol. The Balaban J connectivity index is 1.38. The monoisotopic (exact) mass is 730 g/mol. The molecule has 1 aliphatic carbocycles. The lowest BCUT2D eigenvalue weighted by molar-refractivity contribution is 0.414. The van der Waals surface area contributed by atoms with Crippen molar-refractivity contribution in [2.75, 3.05) is 14.2 Å². The number of nitrogens with zero attached hydrogens (tertiary/aromatic N) is 2. The summed E-state index contributed by atoms with van der Waals surface area (Å²) in [6.45, 7) is 9.67. The van der Waals surface area contributed by atoms with E-state index < -0.39 is 7.53 Å². The zero-order valence-electron chi connectivity index (χ0n) is 31.2. The minimum Gasteiger partial charge on any atom is -0.497 e. The summed E-state index contributed by atoms with van der Waals surface area (Å²) in [6.07, 6.45) is 12.5. The van der Waals surface area contributed by atoms with Crippen molar-refractivity contribution in [2.45, 2.75) is 57.8 Å². The molecule has 0 amide bonds. The number of rotatable bonds is 5. The van der Waals surface area contributed by atoms with Crippen LogP contribution in [0.4, 0.5) is 0 Å². The predicted octanol–water partition coefficient (Wildman–Crippen LogP) is 12.0. The summed E-state index contributed by atoms with van der Waals surface area (Å²) in [5.41, 5.74) is 11.3. The number of allylic oxidation sites excluding steroid dienone is 4. The van der Waals surface area contributed by atoms with Crippen LogP contribution in [0.2, 0.25) is 0 Å². The number of fused-ring (bicyclic) bond motifs is 9. The molecule has 4 aliphatic rings. The maximum absolute atomic E-state index is 5.59. The molecular weight excluding hydrogens is 688 g/mol. The van der Waals surface area contributed by atoms with E-state index in [9.17, 15) is 0 Å². The lowest BCUT2D eigenvalue weighted by atomic mass is 9.81. The number of hydrogen-bond acceptors (Lipinski definition) is 5. The standard InChI is InChI=1S/C47H43N2O2PS/c1-46(2)40-27-23-36(48-40)42(29-15-19-31(50-5)20-16-29)38-25-26-39(53-38)43(30-17-21-32(51-6)22-18-30)37-24-28-41(49-37)47(3,4)45-35-14-10-13-34(35)44(46)52(45)33-11-8-7-9-12-33/h7-9,11-12,15-28H,10,13-14H2,1-6H3/b42-36-,43-37-. The summed E-state index contributed by atoms with van der Waals surface area (Å²) in [5, 5.41) is 4.53. The van der Waals surface area contributed by atoms with Crippen LogP contribution in [-0.2, 0) is 23.7 Å². The van der Waals surface area contributed by atoms with Crippen LogP contribution in [0.15, 0.2) is 137 Å². The summed E-state index contributed by atoms with van der Waals surface area (Å²) in [4.78, 5) is 13.5. The Morgan fingerprint density at radius 3 is 1.45 bits per heavy atom. The molecule has 4 nitrogen and oxygen atoms in total. The van der Waals surface area contributed by atoms with Gasteiger partial charge in [-0.1, -0.05) is 62.1 Å². The first-order valence-corrected chi connectivity index (χ1v) is 20.6. The second-order valence-corrected chi connectivity index (χ2v) is 18.4. The molecule has 0 unspecified atom stereocenters. The van der Waals surface area contributed by atoms with E-state index in [0.717, 1.165) is 79.2 Å². The second-order valence-electron chi connectivity index (χ2n) is 15.2. The third kappa shape index (κ3) is 5.47. The van der Waals surface area contributed by atoms with E-state index in [0.29, 0.717) is 0 Å². The van der Waals surface area contributed by atoms with Crippen LogP contribution in [0.25, 0.3) is 16.5 Å². The van der Waals surface area contributed by atoms with Crippen LogP contribution < -0.4 is 9.47 Å². The second kappa shape index (κ2) is 12.9. The van der Waals surface area contributed by atoms with Gasteiger partial charge >= 0.3 is 0 Å². The van der Waals surface area contributed by atoms with Crippen LogP contribution in [0.1, 0.15) is 76.7 Å². The van der Waals surface area contributed by atoms with Gasteiger partial charge in [0.25, 0.3) is 0 Å². The molecule has 0 saturated heterocycles. The number of hydrogen-bond donors (Lipinski definition) is 0. The zero-order chi connectivity index (χ0) is 36.5. The first-order valence-electron chi connectivity index (χ1n) is 18.4. The van der Waals surface area contributed by atoms with Crippen LogP contribution in [0.5, 0.6) is 11.5 Å². The lowest BCUT2D eigenvalue weighted by Crippen LogP contribution is -2.28. The Morgan fingerprint density at radius 2 is 1.02 bits per heavy atom. The normalized spacial score (nSPS) is 21.1. The van der Waals surface area contributed by atoms with E-state index in [1.54, 1.807) is 47.3 Å². The summed E-state index contributed by atoms with van der Waals surface area (Å²) in [6, 6.07) is 32.6. The van der Waals surface area contributed by atoms with E-state index in [4.69, 9.17) is 19.5 Å². The minimum atomic E-state index is -0.819. The lowest BCUT2D eigenvalue weighted by Gasteiger charge is -2.31. The summed E-state index contributed by atoms with van der Waals surface area (Å²) in [7, 11) is 2.61. The molecule has 264 valence electrons. The van der Waals surface area contributed by atoms with Gasteiger partial charge in [-0.15, -0.1) is 11.3 Å². The molecule has 53 heavy (non-hydrogen) atoms. The highest BCUT2D eigenvalue weighted by Crippen LogP contribution is 2.62. The van der Waals surface area contributed by atoms with Gasteiger partial charge in [-0.05, 0) is 146 Å². The molecule has 0 N–H and O–H groups in total. The Kier molecular flexibility index (Phi) is 8.22. The molecule has 3 aromatic carbocycles. The fourth-order valence-corrected chi connectivity index (χ4v) is 13.4. The number of thiophene rings is 1. The molecule has 5 heterocycles. The third-order valence-corrected chi connectivity index (χ3v) is 15.9. The highest BCUT2D eigenvalue weighted by Gasteiger charge is 2.43. The number of methoxy groups -OCH3 is 2. The SMILES string of the molecule is COc1ccc(/C2=C3\C=CC(=N3)C(C)(C)c3c4c(c(p3-c3ccccc3)C(C)(C)C3=N/C(=C(/c5ccc(OC)cc5)c5ccc2s5)C=C3)CCC4)cc1. The van der Waals surface area contributed by atoms with Gasteiger partial charge in [-0.2, -0.15) is 0 Å². The van der Waals surface area contributed by atoms with Gasteiger partial charge in [0.2, 0.25) is 0 Å². The van der Waals surface area contributed by atoms with Crippen LogP contribution in [-0.4, -0.2) is 25.6 Å². The third-order valence-electron chi connectivity index (χ3n) is 11.4. The van der Waals surface area contributed by atoms with Crippen molar-refractivity contribution in [1.82, 2.24) is 0 Å². The maximum Gasteiger partial charge on any atom is 0.118 e. The van der Waals surface area contributed by atoms with Crippen molar-refractivity contribution >= 4 is 41.4 Å². The van der Waals surface area contributed by atoms with Gasteiger partial charge in [-0.25, -0.2) is 0 Å². The van der Waals surface area contributed by atoms with Gasteiger partial charge in [-0.3, -0.25) is 9.98 Å². The van der Waals surface area contributed by atoms with Crippen molar-refractivity contribution in [3.63, 3.8) is 0 Å². The molecular formula is C47H43N2O2PS. The van der Waals surface area contributed by atoms with Crippen LogP contribution in [0.3, 0.4) is 0 Å². The molecule has 9 rings (SSSR count). The topological polar surface area (TPSA) is 43.2 Å². The molecule has 5 aromatic rings. The van der Waals surface area contributed by atoms with Gasteiger partial charge in [0.05, 0.1) is 37.0 Å². The Morgan fingerprint density at radius 1 is 0.566 bits per heavy atom. The summed E-state index contributed by atoms with van der Waals surface area (Å²) >= 11 is 1.79. The van der Waals surface area contributed by atoms with Crippen molar-refractivity contribution in [1.29, 1.82) is 0 Å². The van der Waals surface area contributed by atoms with Gasteiger partial charge in [0, 0.05) is 31.7 Å². The molecule has 0 saturated carbocycles. The van der Waals surface area contributed by atoms with E-state index in [1.165, 1.54) is 11.7 Å². The molecule has 0 atom stereocenters. The smallest absolute Gasteiger partial charge is 0.118 e. The average Bonchev–Trinajstić information content (AvgIpc) is 4.02. The quantitative estimate of drug-likeness (QED) is 0.181. The van der Waals surface area contributed by atoms with Crippen molar-refractivity contribution in [3.8, 4) is 16.8 Å². The van der Waals surface area contributed by atoms with E-state index >= 15 is 0 Å². The Bertz CT molecular complexity index is 2320. The molecule has 3 aliphatic heterocycles. The fourth-order valence-electron chi connectivity index (χ4n) is 8.69. The number of benzene rings is 3. The molecule has 8 bridgehead atoms. The molecule has 2 aromatic heterocycles. The first-order chi connectivity index (χ1) is 25.7. The zero-order valence-corrected chi connectivity index (χ0v) is 32.9. The highest BCUT2D eigenvalue weighted by atomic mass is 32.1. The minimum absolute atomic E-state index is 0.287. The van der Waals surface area contributed by atoms with E-state index in [2.05, 4.69) is 119 Å². The van der Waals surface area contributed by atoms with Crippen molar-refractivity contribution in [3.05, 3.63) is 169 Å². The Hall–Kier alpha value is -4.96. The van der Waals surface area contributed by atoms with Crippen molar-refractivity contribution in [2.24, 2.45) is 9.98 Å². The molecule has 0 radical (unpaired) electrons. The predicted molar refractivity (Wildman–Crippen MR) is 224 cm³/mol. The molecule has 6 heteroatoms. The van der Waals surface area contributed by atoms with E-state index in [1.807, 2.05) is 24.3 Å². The summed E-state index contributed by atoms with van der Waals surface area (Å²) < 4.78 is 11.1. The Labute approximate surface area is 317 Å². The van der Waals surface area contributed by atoms with Gasteiger partial charge < -0.3 is 9.47 Å². The van der Waals surface area contributed by atoms with E-state index in [-0.39, 0.29) is 10.8 Å². The highest BCUT2D eigenvalue weighted by molar-refractivity contribution is 7.59. The maximum atomic E-state index is 5.59. The first kappa shape index (κ1) is 33.8. The largest absolute Gasteiger partial charge is 0.497 e. The fraction of sp³-hybridized carbons (Fsp3) is 0.234. The number of aliphatic imine (C=N–C) groups is 2. The van der Waals surface area contributed by atoms with Crippen LogP contribution >= 0.6 is 18.9 Å².